The molecule has 4 aliphatic rings. The van der Waals surface area contributed by atoms with Gasteiger partial charge in [0.2, 0.25) is 5.82 Å². The van der Waals surface area contributed by atoms with E-state index < -0.39 is 5.82 Å². The SMILES string of the molecule is CCc1c(F)ccc2cc(O)cc(-c3ncc4c(N5C[C@H]6C[C@@H]5CN6)nc(C#CC56CCCN5CCC6)nc4c3F)c12. The molecule has 0 spiro atoms. The Hall–Kier alpha value is -3.87. The van der Waals surface area contributed by atoms with E-state index in [-0.39, 0.29) is 34.4 Å². The number of fused-ring (bicyclic) bond motifs is 5. The molecule has 7 nitrogen and oxygen atoms in total. The van der Waals surface area contributed by atoms with Crippen LogP contribution in [0.4, 0.5) is 14.6 Å². The van der Waals surface area contributed by atoms with Gasteiger partial charge < -0.3 is 15.3 Å². The third-order valence-corrected chi connectivity index (χ3v) is 9.80. The number of hydrogen-bond donors (Lipinski definition) is 2. The summed E-state index contributed by atoms with van der Waals surface area (Å²) < 4.78 is 31.6. The Morgan fingerprint density at radius 3 is 2.71 bits per heavy atom. The maximum atomic E-state index is 16.7. The van der Waals surface area contributed by atoms with Crippen LogP contribution >= 0.6 is 0 Å². The van der Waals surface area contributed by atoms with Crippen LogP contribution in [0.2, 0.25) is 0 Å². The second-order valence-corrected chi connectivity index (χ2v) is 12.1. The van der Waals surface area contributed by atoms with Gasteiger partial charge in [-0.25, -0.2) is 18.7 Å². The smallest absolute Gasteiger partial charge is 0.207 e. The van der Waals surface area contributed by atoms with Gasteiger partial charge in [0, 0.05) is 36.9 Å². The summed E-state index contributed by atoms with van der Waals surface area (Å²) in [7, 11) is 0. The Bertz CT molecular complexity index is 1820. The second-order valence-electron chi connectivity index (χ2n) is 12.1. The maximum absolute atomic E-state index is 16.7. The van der Waals surface area contributed by atoms with Crippen LogP contribution in [0.3, 0.4) is 0 Å². The third kappa shape index (κ3) is 3.89. The normalized spacial score (nSPS) is 22.7. The number of phenols is 1. The number of aryl methyl sites for hydroxylation is 1. The lowest BCUT2D eigenvalue weighted by molar-refractivity contribution is 0.261. The van der Waals surface area contributed by atoms with E-state index >= 15 is 4.39 Å². The molecule has 0 amide bonds. The molecule has 2 bridgehead atoms. The minimum absolute atomic E-state index is 0.0215. The standard InChI is InChI=1S/C33H32F2N6O/c1-2-23-26(34)6-5-19-13-22(42)15-24(28(19)23)30-29(35)31-25(17-37-30)32(41-18-20-14-21(41)16-36-20)39-27(38-31)7-10-33-8-3-11-40(33)12-4-9-33/h5-6,13,15,17,20-21,36,42H,2-4,8-9,11-12,14,16,18H2,1H3/t20-,21-/m1/s1. The Labute approximate surface area is 243 Å². The van der Waals surface area contributed by atoms with Crippen molar-refractivity contribution in [2.24, 2.45) is 0 Å². The number of piperazine rings is 1. The fourth-order valence-electron chi connectivity index (χ4n) is 7.84. The molecular formula is C33H32F2N6O. The highest BCUT2D eigenvalue weighted by Gasteiger charge is 2.43. The van der Waals surface area contributed by atoms with Gasteiger partial charge in [0.15, 0.2) is 5.82 Å². The van der Waals surface area contributed by atoms with Gasteiger partial charge in [0.05, 0.1) is 10.9 Å². The molecule has 4 saturated heterocycles. The van der Waals surface area contributed by atoms with E-state index in [2.05, 4.69) is 31.9 Å². The maximum Gasteiger partial charge on any atom is 0.207 e. The molecule has 2 N–H and O–H groups in total. The summed E-state index contributed by atoms with van der Waals surface area (Å²) in [6, 6.07) is 6.64. The first-order chi connectivity index (χ1) is 20.4. The first kappa shape index (κ1) is 25.8. The Morgan fingerprint density at radius 2 is 1.98 bits per heavy atom. The number of nitrogens with zero attached hydrogens (tertiary/aromatic N) is 5. The molecule has 2 atom stereocenters. The number of pyridine rings is 1. The lowest BCUT2D eigenvalue weighted by atomic mass is 9.94. The highest BCUT2D eigenvalue weighted by atomic mass is 19.1. The molecule has 214 valence electrons. The monoisotopic (exact) mass is 566 g/mol. The van der Waals surface area contributed by atoms with Crippen molar-refractivity contribution < 1.29 is 13.9 Å². The fourth-order valence-corrected chi connectivity index (χ4v) is 7.84. The molecule has 8 rings (SSSR count). The number of rotatable bonds is 3. The molecule has 4 fully saturated rings. The van der Waals surface area contributed by atoms with E-state index in [1.165, 1.54) is 12.1 Å². The summed E-state index contributed by atoms with van der Waals surface area (Å²) in [5.74, 6) is 6.71. The van der Waals surface area contributed by atoms with Crippen molar-refractivity contribution in [2.75, 3.05) is 31.1 Å². The van der Waals surface area contributed by atoms with Crippen LogP contribution in [-0.4, -0.2) is 68.8 Å². The van der Waals surface area contributed by atoms with E-state index in [4.69, 9.17) is 9.97 Å². The summed E-state index contributed by atoms with van der Waals surface area (Å²) in [5, 5.41) is 15.8. The zero-order valence-corrected chi connectivity index (χ0v) is 23.6. The summed E-state index contributed by atoms with van der Waals surface area (Å²) >= 11 is 0. The topological polar surface area (TPSA) is 77.4 Å². The number of benzene rings is 2. The predicted molar refractivity (Wildman–Crippen MR) is 158 cm³/mol. The van der Waals surface area contributed by atoms with Crippen molar-refractivity contribution in [1.29, 1.82) is 0 Å². The molecule has 0 saturated carbocycles. The number of aromatic hydroxyl groups is 1. The molecule has 2 aromatic heterocycles. The number of aromatic nitrogens is 3. The molecule has 9 heteroatoms. The average molecular weight is 567 g/mol. The molecule has 6 heterocycles. The third-order valence-electron chi connectivity index (χ3n) is 9.80. The molecule has 42 heavy (non-hydrogen) atoms. The van der Waals surface area contributed by atoms with E-state index in [1.807, 2.05) is 6.92 Å². The van der Waals surface area contributed by atoms with Crippen molar-refractivity contribution in [2.45, 2.75) is 63.1 Å². The van der Waals surface area contributed by atoms with Crippen LogP contribution < -0.4 is 10.2 Å². The van der Waals surface area contributed by atoms with Gasteiger partial charge in [-0.15, -0.1) is 0 Å². The number of nitrogens with one attached hydrogen (secondary N) is 1. The van der Waals surface area contributed by atoms with Gasteiger partial charge >= 0.3 is 0 Å². The first-order valence-electron chi connectivity index (χ1n) is 15.0. The molecule has 0 unspecified atom stereocenters. The zero-order valence-electron chi connectivity index (χ0n) is 23.6. The van der Waals surface area contributed by atoms with Crippen LogP contribution in [0.15, 0.2) is 30.5 Å². The van der Waals surface area contributed by atoms with Crippen LogP contribution in [0, 0.1) is 23.5 Å². The summed E-state index contributed by atoms with van der Waals surface area (Å²) in [4.78, 5) is 18.9. The highest BCUT2D eigenvalue weighted by molar-refractivity contribution is 6.01. The average Bonchev–Trinajstić information content (AvgIpc) is 3.78. The van der Waals surface area contributed by atoms with E-state index in [1.54, 1.807) is 18.3 Å². The van der Waals surface area contributed by atoms with Crippen molar-refractivity contribution >= 4 is 27.5 Å². The first-order valence-corrected chi connectivity index (χ1v) is 15.0. The summed E-state index contributed by atoms with van der Waals surface area (Å²) in [6.07, 6.45) is 7.37. The summed E-state index contributed by atoms with van der Waals surface area (Å²) in [5.41, 5.74) is 0.815. The largest absolute Gasteiger partial charge is 0.508 e. The molecule has 0 aliphatic carbocycles. The Kier molecular flexibility index (Phi) is 5.89. The quantitative estimate of drug-likeness (QED) is 0.341. The Balaban J connectivity index is 1.34. The second kappa shape index (κ2) is 9.58. The summed E-state index contributed by atoms with van der Waals surface area (Å²) in [6.45, 7) is 5.61. The van der Waals surface area contributed by atoms with Gasteiger partial charge in [-0.05, 0) is 92.1 Å². The lowest BCUT2D eigenvalue weighted by Crippen LogP contribution is -2.44. The van der Waals surface area contributed by atoms with E-state index in [0.29, 0.717) is 51.4 Å². The molecule has 4 aliphatic heterocycles. The van der Waals surface area contributed by atoms with Gasteiger partial charge in [-0.3, -0.25) is 9.88 Å². The van der Waals surface area contributed by atoms with Crippen molar-refractivity contribution in [1.82, 2.24) is 25.2 Å². The van der Waals surface area contributed by atoms with Crippen LogP contribution in [-0.2, 0) is 6.42 Å². The molecule has 0 radical (unpaired) electrons. The Morgan fingerprint density at radius 1 is 1.14 bits per heavy atom. The molecule has 2 aromatic carbocycles. The van der Waals surface area contributed by atoms with Gasteiger partial charge in [0.25, 0.3) is 0 Å². The van der Waals surface area contributed by atoms with E-state index in [0.717, 1.165) is 58.3 Å². The number of phenolic OH excluding ortho intramolecular Hbond substituents is 1. The van der Waals surface area contributed by atoms with Gasteiger partial charge in [-0.2, -0.15) is 0 Å². The fraction of sp³-hybridized carbons (Fsp3) is 0.424. The van der Waals surface area contributed by atoms with Crippen molar-refractivity contribution in [3.05, 3.63) is 53.5 Å². The number of halogens is 2. The zero-order chi connectivity index (χ0) is 28.6. The molecular weight excluding hydrogens is 534 g/mol. The number of hydrogen-bond acceptors (Lipinski definition) is 7. The van der Waals surface area contributed by atoms with E-state index in [9.17, 15) is 9.50 Å². The van der Waals surface area contributed by atoms with Crippen molar-refractivity contribution in [3.8, 4) is 28.8 Å². The van der Waals surface area contributed by atoms with Crippen LogP contribution in [0.1, 0.15) is 50.4 Å². The predicted octanol–water partition coefficient (Wildman–Crippen LogP) is 4.92. The van der Waals surface area contributed by atoms with Gasteiger partial charge in [0.1, 0.15) is 28.6 Å². The molecule has 4 aromatic rings. The highest BCUT2D eigenvalue weighted by Crippen LogP contribution is 2.41. The van der Waals surface area contributed by atoms with Gasteiger partial charge in [-0.1, -0.05) is 18.9 Å². The minimum Gasteiger partial charge on any atom is -0.508 e. The van der Waals surface area contributed by atoms with Crippen LogP contribution in [0.25, 0.3) is 32.9 Å². The number of anilines is 1. The minimum atomic E-state index is -0.624. The lowest BCUT2D eigenvalue weighted by Gasteiger charge is -2.29. The van der Waals surface area contributed by atoms with Crippen molar-refractivity contribution in [3.63, 3.8) is 0 Å². The van der Waals surface area contributed by atoms with Crippen LogP contribution in [0.5, 0.6) is 5.75 Å².